The molecule has 2 atom stereocenters. The summed E-state index contributed by atoms with van der Waals surface area (Å²) in [6, 6.07) is 3.95. The number of aliphatic hydroxyl groups excluding tert-OH is 1. The lowest BCUT2D eigenvalue weighted by molar-refractivity contribution is -0.120. The molecule has 3 nitrogen and oxygen atoms in total. The third-order valence-corrected chi connectivity index (χ3v) is 5.05. The van der Waals surface area contributed by atoms with Crippen LogP contribution in [-0.2, 0) is 4.79 Å². The van der Waals surface area contributed by atoms with Crippen LogP contribution in [0.15, 0.2) is 21.7 Å². The lowest BCUT2D eigenvalue weighted by Crippen LogP contribution is -2.45. The molecular formula is C12H17NO2S2. The Labute approximate surface area is 110 Å². The fraction of sp³-hybridized carbons (Fsp3) is 0.583. The molecule has 0 aliphatic heterocycles. The minimum atomic E-state index is -0.362. The Morgan fingerprint density at radius 3 is 3.06 bits per heavy atom. The number of carbonyl (C=O) groups excluding carboxylic acids is 1. The number of rotatable bonds is 4. The first-order valence-corrected chi connectivity index (χ1v) is 7.76. The van der Waals surface area contributed by atoms with Gasteiger partial charge >= 0.3 is 0 Å². The van der Waals surface area contributed by atoms with Crippen LogP contribution in [0.3, 0.4) is 0 Å². The van der Waals surface area contributed by atoms with E-state index in [0.29, 0.717) is 5.75 Å². The van der Waals surface area contributed by atoms with Crippen LogP contribution in [0.2, 0.25) is 0 Å². The van der Waals surface area contributed by atoms with Crippen LogP contribution in [0.5, 0.6) is 0 Å². The monoisotopic (exact) mass is 271 g/mol. The molecule has 1 aromatic rings. The largest absolute Gasteiger partial charge is 0.391 e. The topological polar surface area (TPSA) is 49.3 Å². The van der Waals surface area contributed by atoms with Crippen molar-refractivity contribution in [2.45, 2.75) is 42.0 Å². The van der Waals surface area contributed by atoms with Crippen molar-refractivity contribution in [2.75, 3.05) is 5.75 Å². The minimum Gasteiger partial charge on any atom is -0.391 e. The van der Waals surface area contributed by atoms with Gasteiger partial charge in [-0.2, -0.15) is 0 Å². The van der Waals surface area contributed by atoms with E-state index in [-0.39, 0.29) is 18.1 Å². The van der Waals surface area contributed by atoms with Crippen LogP contribution in [-0.4, -0.2) is 28.9 Å². The van der Waals surface area contributed by atoms with E-state index in [9.17, 15) is 9.90 Å². The number of amides is 1. The average Bonchev–Trinajstić information content (AvgIpc) is 2.82. The summed E-state index contributed by atoms with van der Waals surface area (Å²) in [6.45, 7) is 0. The molecule has 5 heteroatoms. The molecule has 0 saturated heterocycles. The van der Waals surface area contributed by atoms with Gasteiger partial charge in [0.2, 0.25) is 5.91 Å². The molecule has 0 radical (unpaired) electrons. The number of aliphatic hydroxyl groups is 1. The third-order valence-electron chi connectivity index (χ3n) is 2.92. The zero-order valence-electron chi connectivity index (χ0n) is 9.59. The van der Waals surface area contributed by atoms with Crippen molar-refractivity contribution in [2.24, 2.45) is 0 Å². The van der Waals surface area contributed by atoms with Crippen LogP contribution in [0.4, 0.5) is 0 Å². The van der Waals surface area contributed by atoms with Crippen LogP contribution in [0.25, 0.3) is 0 Å². The molecule has 1 saturated carbocycles. The smallest absolute Gasteiger partial charge is 0.230 e. The maximum absolute atomic E-state index is 11.7. The van der Waals surface area contributed by atoms with Crippen molar-refractivity contribution >= 4 is 29.0 Å². The predicted molar refractivity (Wildman–Crippen MR) is 71.4 cm³/mol. The molecule has 1 heterocycles. The maximum Gasteiger partial charge on any atom is 0.230 e. The molecule has 17 heavy (non-hydrogen) atoms. The highest BCUT2D eigenvalue weighted by Crippen LogP contribution is 2.23. The standard InChI is InChI=1S/C12H17NO2S2/c14-10-5-2-1-4-9(10)13-11(15)8-17-12-6-3-7-16-12/h3,6-7,9-10,14H,1-2,4-5,8H2,(H,13,15)/t9-,10-/m0/s1. The predicted octanol–water partition coefficient (Wildman–Crippen LogP) is 2.26. The van der Waals surface area contributed by atoms with Gasteiger partial charge in [0.05, 0.1) is 22.1 Å². The molecule has 0 unspecified atom stereocenters. The number of carbonyl (C=O) groups is 1. The molecule has 2 rings (SSSR count). The maximum atomic E-state index is 11.7. The fourth-order valence-corrected chi connectivity index (χ4v) is 3.61. The number of hydrogen-bond acceptors (Lipinski definition) is 4. The molecule has 1 aliphatic carbocycles. The van der Waals surface area contributed by atoms with Gasteiger partial charge in [-0.1, -0.05) is 18.9 Å². The summed E-state index contributed by atoms with van der Waals surface area (Å²) < 4.78 is 1.16. The zero-order chi connectivity index (χ0) is 12.1. The zero-order valence-corrected chi connectivity index (χ0v) is 11.2. The second kappa shape index (κ2) is 6.42. The summed E-state index contributed by atoms with van der Waals surface area (Å²) in [5.41, 5.74) is 0. The normalized spacial score (nSPS) is 24.5. The fourth-order valence-electron chi connectivity index (χ4n) is 2.01. The summed E-state index contributed by atoms with van der Waals surface area (Å²) >= 11 is 3.19. The highest BCUT2D eigenvalue weighted by Gasteiger charge is 2.24. The van der Waals surface area contributed by atoms with Crippen molar-refractivity contribution in [3.05, 3.63) is 17.5 Å². The van der Waals surface area contributed by atoms with Gasteiger partial charge in [-0.3, -0.25) is 4.79 Å². The first-order chi connectivity index (χ1) is 8.25. The van der Waals surface area contributed by atoms with Gasteiger partial charge < -0.3 is 10.4 Å². The van der Waals surface area contributed by atoms with E-state index < -0.39 is 0 Å². The molecule has 1 aromatic heterocycles. The number of thioether (sulfide) groups is 1. The van der Waals surface area contributed by atoms with E-state index >= 15 is 0 Å². The lowest BCUT2D eigenvalue weighted by Gasteiger charge is -2.28. The third kappa shape index (κ3) is 4.01. The van der Waals surface area contributed by atoms with Gasteiger partial charge in [-0.25, -0.2) is 0 Å². The number of thiophene rings is 1. The summed E-state index contributed by atoms with van der Waals surface area (Å²) in [6.07, 6.45) is 3.51. The second-order valence-electron chi connectivity index (χ2n) is 4.25. The summed E-state index contributed by atoms with van der Waals surface area (Å²) in [4.78, 5) is 11.7. The highest BCUT2D eigenvalue weighted by atomic mass is 32.2. The van der Waals surface area contributed by atoms with Gasteiger partial charge in [0.25, 0.3) is 0 Å². The van der Waals surface area contributed by atoms with Gasteiger partial charge in [-0.15, -0.1) is 23.1 Å². The lowest BCUT2D eigenvalue weighted by atomic mass is 9.93. The number of nitrogens with one attached hydrogen (secondary N) is 1. The quantitative estimate of drug-likeness (QED) is 0.826. The van der Waals surface area contributed by atoms with Crippen molar-refractivity contribution in [3.8, 4) is 0 Å². The Bertz CT molecular complexity index is 353. The summed E-state index contributed by atoms with van der Waals surface area (Å²) in [5, 5.41) is 14.7. The molecule has 0 bridgehead atoms. The highest BCUT2D eigenvalue weighted by molar-refractivity contribution is 8.01. The van der Waals surface area contributed by atoms with Gasteiger partial charge in [0.15, 0.2) is 0 Å². The van der Waals surface area contributed by atoms with E-state index in [4.69, 9.17) is 0 Å². The van der Waals surface area contributed by atoms with Crippen molar-refractivity contribution < 1.29 is 9.90 Å². The van der Waals surface area contributed by atoms with E-state index in [1.807, 2.05) is 17.5 Å². The van der Waals surface area contributed by atoms with Crippen LogP contribution in [0.1, 0.15) is 25.7 Å². The van der Waals surface area contributed by atoms with E-state index in [0.717, 1.165) is 29.9 Å². The molecule has 1 aliphatic rings. The van der Waals surface area contributed by atoms with Crippen LogP contribution >= 0.6 is 23.1 Å². The van der Waals surface area contributed by atoms with Gasteiger partial charge in [-0.05, 0) is 24.3 Å². The second-order valence-corrected chi connectivity index (χ2v) is 6.47. The van der Waals surface area contributed by atoms with Crippen molar-refractivity contribution in [1.82, 2.24) is 5.32 Å². The molecule has 0 aromatic carbocycles. The average molecular weight is 271 g/mol. The SMILES string of the molecule is O=C(CSc1cccs1)N[C@H]1CCCC[C@@H]1O. The van der Waals surface area contributed by atoms with E-state index in [1.54, 1.807) is 23.1 Å². The Morgan fingerprint density at radius 1 is 1.53 bits per heavy atom. The number of hydrogen-bond donors (Lipinski definition) is 2. The molecular weight excluding hydrogens is 254 g/mol. The summed E-state index contributed by atoms with van der Waals surface area (Å²) in [5.74, 6) is 0.457. The Morgan fingerprint density at radius 2 is 2.35 bits per heavy atom. The molecule has 1 amide bonds. The Kier molecular flexibility index (Phi) is 4.88. The van der Waals surface area contributed by atoms with E-state index in [2.05, 4.69) is 5.32 Å². The van der Waals surface area contributed by atoms with Gasteiger partial charge in [0.1, 0.15) is 0 Å². The first-order valence-electron chi connectivity index (χ1n) is 5.89. The Balaban J connectivity index is 1.73. The Hall–Kier alpha value is -0.520. The first kappa shape index (κ1) is 12.9. The molecule has 2 N–H and O–H groups in total. The summed E-state index contributed by atoms with van der Waals surface area (Å²) in [7, 11) is 0. The van der Waals surface area contributed by atoms with Crippen molar-refractivity contribution in [1.29, 1.82) is 0 Å². The van der Waals surface area contributed by atoms with Crippen LogP contribution in [0, 0.1) is 0 Å². The molecule has 1 fully saturated rings. The van der Waals surface area contributed by atoms with Gasteiger partial charge in [0, 0.05) is 0 Å². The molecule has 0 spiro atoms. The van der Waals surface area contributed by atoms with Crippen LogP contribution < -0.4 is 5.32 Å². The molecule has 94 valence electrons. The minimum absolute atomic E-state index is 0.0225. The van der Waals surface area contributed by atoms with E-state index in [1.165, 1.54) is 0 Å². The van der Waals surface area contributed by atoms with Crippen molar-refractivity contribution in [3.63, 3.8) is 0 Å².